The monoisotopic (exact) mass is 360 g/mol. The minimum Gasteiger partial charge on any atom is -0.446 e. The summed E-state index contributed by atoms with van der Waals surface area (Å²) in [5, 5.41) is 7.69. The van der Waals surface area contributed by atoms with Gasteiger partial charge < -0.3 is 4.42 Å². The maximum absolute atomic E-state index is 12.0. The van der Waals surface area contributed by atoms with E-state index in [1.54, 1.807) is 0 Å². The average Bonchev–Trinajstić information content (AvgIpc) is 3.20. The van der Waals surface area contributed by atoms with Gasteiger partial charge in [-0.15, -0.1) is 0 Å². The number of benzene rings is 2. The van der Waals surface area contributed by atoms with Crippen LogP contribution in [0.2, 0.25) is 0 Å². The molecule has 0 saturated heterocycles. The third-order valence-electron chi connectivity index (χ3n) is 3.41. The van der Waals surface area contributed by atoms with E-state index in [1.165, 1.54) is 24.6 Å². The fourth-order valence-corrected chi connectivity index (χ4v) is 2.10. The first-order valence-electron chi connectivity index (χ1n) is 8.09. The van der Waals surface area contributed by atoms with E-state index in [4.69, 9.17) is 4.42 Å². The fourth-order valence-electron chi connectivity index (χ4n) is 2.10. The summed E-state index contributed by atoms with van der Waals surface area (Å²) < 4.78 is 5.24. The Labute approximate surface area is 155 Å². The van der Waals surface area contributed by atoms with Gasteiger partial charge in [0.2, 0.25) is 0 Å². The molecule has 3 aromatic rings. The first-order chi connectivity index (χ1) is 13.2. The van der Waals surface area contributed by atoms with Gasteiger partial charge in [-0.3, -0.25) is 9.59 Å². The molecular weight excluding hydrogens is 344 g/mol. The summed E-state index contributed by atoms with van der Waals surface area (Å²) in [5.41, 5.74) is 6.36. The van der Waals surface area contributed by atoms with Gasteiger partial charge in [-0.05, 0) is 23.3 Å². The second-order valence-corrected chi connectivity index (χ2v) is 5.38. The van der Waals surface area contributed by atoms with Crippen molar-refractivity contribution in [3.63, 3.8) is 0 Å². The van der Waals surface area contributed by atoms with E-state index in [2.05, 4.69) is 21.1 Å². The highest BCUT2D eigenvalue weighted by Gasteiger charge is 2.15. The minimum absolute atomic E-state index is 0.0302. The molecule has 2 N–H and O–H groups in total. The molecule has 0 unspecified atom stereocenters. The topological polar surface area (TPSA) is 96.1 Å². The second kappa shape index (κ2) is 8.91. The van der Waals surface area contributed by atoms with E-state index in [-0.39, 0.29) is 11.5 Å². The van der Waals surface area contributed by atoms with Crippen molar-refractivity contribution in [2.45, 2.75) is 0 Å². The highest BCUT2D eigenvalue weighted by Crippen LogP contribution is 2.08. The lowest BCUT2D eigenvalue weighted by Gasteiger charge is -1.97. The summed E-state index contributed by atoms with van der Waals surface area (Å²) in [4.78, 5) is 24.0. The molecule has 0 bridgehead atoms. The summed E-state index contributed by atoms with van der Waals surface area (Å²) in [6.07, 6.45) is 3.01. The van der Waals surface area contributed by atoms with Crippen LogP contribution in [0.1, 0.15) is 32.2 Å². The Balaban J connectivity index is 1.54. The first-order valence-corrected chi connectivity index (χ1v) is 8.09. The molecule has 0 aliphatic carbocycles. The van der Waals surface area contributed by atoms with Crippen molar-refractivity contribution in [1.29, 1.82) is 0 Å². The van der Waals surface area contributed by atoms with Crippen LogP contribution in [-0.4, -0.2) is 24.2 Å². The number of hydrazone groups is 2. The van der Waals surface area contributed by atoms with Gasteiger partial charge in [0, 0.05) is 0 Å². The van der Waals surface area contributed by atoms with E-state index in [0.717, 1.165) is 11.1 Å². The molecule has 0 radical (unpaired) electrons. The van der Waals surface area contributed by atoms with Crippen LogP contribution in [0.25, 0.3) is 0 Å². The van der Waals surface area contributed by atoms with Crippen LogP contribution in [0.15, 0.2) is 87.4 Å². The lowest BCUT2D eigenvalue weighted by molar-refractivity contribution is 0.0902. The van der Waals surface area contributed by atoms with Gasteiger partial charge in [0.05, 0.1) is 12.4 Å². The van der Waals surface area contributed by atoms with Gasteiger partial charge in [0.25, 0.3) is 0 Å². The number of rotatable bonds is 6. The van der Waals surface area contributed by atoms with Crippen molar-refractivity contribution >= 4 is 24.2 Å². The number of hydrogen-bond acceptors (Lipinski definition) is 5. The van der Waals surface area contributed by atoms with Crippen molar-refractivity contribution in [2.75, 3.05) is 0 Å². The van der Waals surface area contributed by atoms with Crippen LogP contribution in [-0.2, 0) is 0 Å². The second-order valence-electron chi connectivity index (χ2n) is 5.38. The van der Waals surface area contributed by atoms with E-state index < -0.39 is 11.8 Å². The summed E-state index contributed by atoms with van der Waals surface area (Å²) in [6, 6.07) is 21.4. The number of furan rings is 1. The van der Waals surface area contributed by atoms with Gasteiger partial charge in [-0.2, -0.15) is 10.2 Å². The van der Waals surface area contributed by atoms with Crippen molar-refractivity contribution < 1.29 is 14.0 Å². The Bertz CT molecular complexity index is 885. The predicted octanol–water partition coefficient (Wildman–Crippen LogP) is 2.81. The zero-order valence-electron chi connectivity index (χ0n) is 14.2. The molecule has 7 nitrogen and oxygen atoms in total. The van der Waals surface area contributed by atoms with Crippen LogP contribution in [0, 0.1) is 0 Å². The van der Waals surface area contributed by atoms with Crippen molar-refractivity contribution in [3.05, 3.63) is 95.4 Å². The molecule has 2 aromatic carbocycles. The Hall–Kier alpha value is -4.00. The number of carbonyl (C=O) groups excluding carboxylic acids is 2. The molecule has 2 amide bonds. The Morgan fingerprint density at radius 2 is 1.07 bits per heavy atom. The quantitative estimate of drug-likeness (QED) is 0.522. The number of hydrogen-bond donors (Lipinski definition) is 2. The standard InChI is InChI=1S/C20H16N4O3/c25-19(23-21-13-15-7-3-1-4-8-15)17-11-12-18(27-17)20(26)24-22-14-16-9-5-2-6-10-16/h1-14H,(H,23,25)(H,24,26)/b21-13+,22-14+. The lowest BCUT2D eigenvalue weighted by atomic mass is 10.2. The normalized spacial score (nSPS) is 11.0. The maximum atomic E-state index is 12.0. The number of nitrogens with zero attached hydrogens (tertiary/aromatic N) is 2. The third-order valence-corrected chi connectivity index (χ3v) is 3.41. The van der Waals surface area contributed by atoms with Gasteiger partial charge in [-0.1, -0.05) is 60.7 Å². The third kappa shape index (κ3) is 5.23. The van der Waals surface area contributed by atoms with E-state index in [0.29, 0.717) is 0 Å². The summed E-state index contributed by atoms with van der Waals surface area (Å²) >= 11 is 0. The van der Waals surface area contributed by atoms with Crippen LogP contribution in [0.4, 0.5) is 0 Å². The number of carbonyl (C=O) groups is 2. The number of amides is 2. The zero-order chi connectivity index (χ0) is 18.9. The molecule has 0 fully saturated rings. The predicted molar refractivity (Wildman–Crippen MR) is 102 cm³/mol. The smallest absolute Gasteiger partial charge is 0.307 e. The molecule has 27 heavy (non-hydrogen) atoms. The molecule has 3 rings (SSSR count). The van der Waals surface area contributed by atoms with Crippen LogP contribution < -0.4 is 10.9 Å². The van der Waals surface area contributed by atoms with Crippen molar-refractivity contribution in [1.82, 2.24) is 10.9 Å². The molecule has 0 atom stereocenters. The zero-order valence-corrected chi connectivity index (χ0v) is 14.2. The van der Waals surface area contributed by atoms with E-state index >= 15 is 0 Å². The molecule has 1 heterocycles. The number of nitrogens with one attached hydrogen (secondary N) is 2. The van der Waals surface area contributed by atoms with Gasteiger partial charge in [0.15, 0.2) is 11.5 Å². The highest BCUT2D eigenvalue weighted by atomic mass is 16.4. The molecular formula is C20H16N4O3. The lowest BCUT2D eigenvalue weighted by Crippen LogP contribution is -2.18. The Kier molecular flexibility index (Phi) is 5.88. The SMILES string of the molecule is O=C(N/N=C/c1ccccc1)c1ccc(C(=O)N/N=C/c2ccccc2)o1. The van der Waals surface area contributed by atoms with Gasteiger partial charge in [-0.25, -0.2) is 10.9 Å². The fraction of sp³-hybridized carbons (Fsp3) is 0. The molecule has 0 spiro atoms. The van der Waals surface area contributed by atoms with Crippen LogP contribution in [0.5, 0.6) is 0 Å². The largest absolute Gasteiger partial charge is 0.446 e. The molecule has 0 aliphatic heterocycles. The Morgan fingerprint density at radius 3 is 1.48 bits per heavy atom. The molecule has 1 aromatic heterocycles. The summed E-state index contributed by atoms with van der Waals surface area (Å²) in [6.45, 7) is 0. The van der Waals surface area contributed by atoms with E-state index in [9.17, 15) is 9.59 Å². The first kappa shape index (κ1) is 17.8. The van der Waals surface area contributed by atoms with Gasteiger partial charge >= 0.3 is 11.8 Å². The minimum atomic E-state index is -0.561. The Morgan fingerprint density at radius 1 is 0.667 bits per heavy atom. The molecule has 0 aliphatic rings. The van der Waals surface area contributed by atoms with E-state index in [1.807, 2.05) is 60.7 Å². The van der Waals surface area contributed by atoms with Crippen LogP contribution >= 0.6 is 0 Å². The maximum Gasteiger partial charge on any atom is 0.307 e. The molecule has 0 saturated carbocycles. The molecule has 134 valence electrons. The summed E-state index contributed by atoms with van der Waals surface area (Å²) in [7, 11) is 0. The van der Waals surface area contributed by atoms with Crippen molar-refractivity contribution in [2.24, 2.45) is 10.2 Å². The summed E-state index contributed by atoms with van der Waals surface area (Å²) in [5.74, 6) is -1.18. The van der Waals surface area contributed by atoms with Crippen molar-refractivity contribution in [3.8, 4) is 0 Å². The van der Waals surface area contributed by atoms with Crippen LogP contribution in [0.3, 0.4) is 0 Å². The highest BCUT2D eigenvalue weighted by molar-refractivity contribution is 5.96. The average molecular weight is 360 g/mol. The molecule has 7 heteroatoms. The van der Waals surface area contributed by atoms with Gasteiger partial charge in [0.1, 0.15) is 0 Å².